The Morgan fingerprint density at radius 1 is 1.00 bits per heavy atom. The highest BCUT2D eigenvalue weighted by atomic mass is 16.2. The van der Waals surface area contributed by atoms with E-state index in [9.17, 15) is 19.2 Å². The van der Waals surface area contributed by atoms with E-state index in [1.807, 2.05) is 19.1 Å². The zero-order valence-corrected chi connectivity index (χ0v) is 15.9. The van der Waals surface area contributed by atoms with E-state index in [4.69, 9.17) is 0 Å². The summed E-state index contributed by atoms with van der Waals surface area (Å²) in [5.41, 5.74) is 2.67. The monoisotopic (exact) mass is 379 g/mol. The predicted molar refractivity (Wildman–Crippen MR) is 105 cm³/mol. The van der Waals surface area contributed by atoms with Gasteiger partial charge in [-0.2, -0.15) is 0 Å². The van der Waals surface area contributed by atoms with E-state index >= 15 is 0 Å². The van der Waals surface area contributed by atoms with E-state index < -0.39 is 23.9 Å². The molecule has 144 valence electrons. The van der Waals surface area contributed by atoms with Crippen molar-refractivity contribution < 1.29 is 19.2 Å². The quantitative estimate of drug-likeness (QED) is 0.639. The molecule has 3 rings (SSSR count). The molecule has 28 heavy (non-hydrogen) atoms. The molecule has 1 aliphatic rings. The Kier molecular flexibility index (Phi) is 5.26. The molecular weight excluding hydrogens is 358 g/mol. The minimum Gasteiger partial charge on any atom is -0.325 e. The van der Waals surface area contributed by atoms with Crippen LogP contribution < -0.4 is 10.2 Å². The normalized spacial score (nSPS) is 16.5. The molecule has 1 N–H and O–H groups in total. The highest BCUT2D eigenvalue weighted by Gasteiger charge is 2.44. The molecule has 1 heterocycles. The SMILES string of the molecule is CC(=O)c1ccc(NC(=O)CN2C(=O)[C@H](C)N(c3ccc(C)cc3)C2=O)cc1. The van der Waals surface area contributed by atoms with Crippen LogP contribution in [0.2, 0.25) is 0 Å². The van der Waals surface area contributed by atoms with Crippen molar-refractivity contribution in [1.82, 2.24) is 4.90 Å². The topological polar surface area (TPSA) is 86.8 Å². The van der Waals surface area contributed by atoms with E-state index in [1.54, 1.807) is 43.3 Å². The number of carbonyl (C=O) groups is 4. The molecule has 0 radical (unpaired) electrons. The Balaban J connectivity index is 1.70. The van der Waals surface area contributed by atoms with Crippen LogP contribution in [-0.4, -0.2) is 41.1 Å². The molecule has 0 unspecified atom stereocenters. The summed E-state index contributed by atoms with van der Waals surface area (Å²) in [6, 6.07) is 12.5. The second-order valence-electron chi connectivity index (χ2n) is 6.77. The molecule has 7 heteroatoms. The van der Waals surface area contributed by atoms with Crippen molar-refractivity contribution in [1.29, 1.82) is 0 Å². The number of hydrogen-bond donors (Lipinski definition) is 1. The Bertz CT molecular complexity index is 935. The van der Waals surface area contributed by atoms with Gasteiger partial charge in [0, 0.05) is 16.9 Å². The van der Waals surface area contributed by atoms with Crippen molar-refractivity contribution in [2.24, 2.45) is 0 Å². The van der Waals surface area contributed by atoms with Gasteiger partial charge in [-0.15, -0.1) is 0 Å². The average Bonchev–Trinajstić information content (AvgIpc) is 2.86. The third kappa shape index (κ3) is 3.78. The maximum absolute atomic E-state index is 12.7. The van der Waals surface area contributed by atoms with Crippen LogP contribution in [0.1, 0.15) is 29.8 Å². The molecular formula is C21H21N3O4. The van der Waals surface area contributed by atoms with Gasteiger partial charge in [-0.25, -0.2) is 4.79 Å². The molecule has 0 bridgehead atoms. The summed E-state index contributed by atoms with van der Waals surface area (Å²) in [6.45, 7) is 4.65. The van der Waals surface area contributed by atoms with Gasteiger partial charge in [-0.1, -0.05) is 17.7 Å². The molecule has 4 amide bonds. The first kappa shape index (κ1) is 19.3. The van der Waals surface area contributed by atoms with Crippen LogP contribution in [0.15, 0.2) is 48.5 Å². The number of Topliss-reactive ketones (excluding diaryl/α,β-unsaturated/α-hetero) is 1. The average molecular weight is 379 g/mol. The first-order chi connectivity index (χ1) is 13.3. The number of nitrogens with zero attached hydrogens (tertiary/aromatic N) is 2. The molecule has 1 saturated heterocycles. The van der Waals surface area contributed by atoms with E-state index in [1.165, 1.54) is 11.8 Å². The Hall–Kier alpha value is -3.48. The number of amides is 4. The minimum atomic E-state index is -0.683. The van der Waals surface area contributed by atoms with Gasteiger partial charge in [0.2, 0.25) is 5.91 Å². The molecule has 7 nitrogen and oxygen atoms in total. The lowest BCUT2D eigenvalue weighted by Crippen LogP contribution is -2.39. The summed E-state index contributed by atoms with van der Waals surface area (Å²) in [5.74, 6) is -0.987. The highest BCUT2D eigenvalue weighted by molar-refractivity contribution is 6.16. The number of imide groups is 1. The summed E-state index contributed by atoms with van der Waals surface area (Å²) in [5, 5.41) is 2.64. The number of benzene rings is 2. The molecule has 0 spiro atoms. The number of urea groups is 1. The Morgan fingerprint density at radius 3 is 2.18 bits per heavy atom. The van der Waals surface area contributed by atoms with Gasteiger partial charge in [-0.05, 0) is 57.2 Å². The van der Waals surface area contributed by atoms with Crippen molar-refractivity contribution >= 4 is 35.0 Å². The van der Waals surface area contributed by atoms with Crippen molar-refractivity contribution in [2.45, 2.75) is 26.8 Å². The van der Waals surface area contributed by atoms with E-state index in [2.05, 4.69) is 5.32 Å². The standard InChI is InChI=1S/C21H21N3O4/c1-13-4-10-18(11-5-13)24-14(2)20(27)23(21(24)28)12-19(26)22-17-8-6-16(7-9-17)15(3)25/h4-11,14H,12H2,1-3H3,(H,22,26)/t14-/m0/s1. The number of hydrogen-bond acceptors (Lipinski definition) is 4. The number of carbonyl (C=O) groups excluding carboxylic acids is 4. The second kappa shape index (κ2) is 7.64. The maximum Gasteiger partial charge on any atom is 0.332 e. The summed E-state index contributed by atoms with van der Waals surface area (Å²) < 4.78 is 0. The van der Waals surface area contributed by atoms with Crippen LogP contribution in [0.25, 0.3) is 0 Å². The maximum atomic E-state index is 12.7. The van der Waals surface area contributed by atoms with Crippen molar-refractivity contribution in [3.63, 3.8) is 0 Å². The van der Waals surface area contributed by atoms with E-state index in [-0.39, 0.29) is 12.3 Å². The number of anilines is 2. The van der Waals surface area contributed by atoms with Gasteiger partial charge in [0.1, 0.15) is 12.6 Å². The third-order valence-electron chi connectivity index (χ3n) is 4.64. The number of rotatable bonds is 5. The zero-order chi connectivity index (χ0) is 20.4. The summed E-state index contributed by atoms with van der Waals surface area (Å²) >= 11 is 0. The van der Waals surface area contributed by atoms with Gasteiger partial charge in [0.25, 0.3) is 5.91 Å². The van der Waals surface area contributed by atoms with Gasteiger partial charge in [-0.3, -0.25) is 24.2 Å². The van der Waals surface area contributed by atoms with Crippen LogP contribution in [0.5, 0.6) is 0 Å². The van der Waals surface area contributed by atoms with Gasteiger partial charge in [0.05, 0.1) is 0 Å². The Labute approximate surface area is 162 Å². The van der Waals surface area contributed by atoms with Crippen LogP contribution in [0.3, 0.4) is 0 Å². The van der Waals surface area contributed by atoms with Crippen molar-refractivity contribution in [3.8, 4) is 0 Å². The first-order valence-electron chi connectivity index (χ1n) is 8.90. The Morgan fingerprint density at radius 2 is 1.61 bits per heavy atom. The van der Waals surface area contributed by atoms with Crippen LogP contribution in [0.4, 0.5) is 16.2 Å². The lowest BCUT2D eigenvalue weighted by molar-refractivity contribution is -0.130. The fourth-order valence-electron chi connectivity index (χ4n) is 3.04. The molecule has 2 aromatic carbocycles. The molecule has 1 atom stereocenters. The number of aryl methyl sites for hydroxylation is 1. The molecule has 0 aromatic heterocycles. The van der Waals surface area contributed by atoms with Gasteiger partial charge < -0.3 is 5.32 Å². The van der Waals surface area contributed by atoms with E-state index in [0.717, 1.165) is 10.5 Å². The lowest BCUT2D eigenvalue weighted by Gasteiger charge is -2.19. The molecule has 1 fully saturated rings. The highest BCUT2D eigenvalue weighted by Crippen LogP contribution is 2.26. The second-order valence-corrected chi connectivity index (χ2v) is 6.77. The van der Waals surface area contributed by atoms with Gasteiger partial charge >= 0.3 is 6.03 Å². The number of ketones is 1. The lowest BCUT2D eigenvalue weighted by atomic mass is 10.1. The molecule has 0 aliphatic carbocycles. The summed E-state index contributed by atoms with van der Waals surface area (Å²) in [7, 11) is 0. The molecule has 0 saturated carbocycles. The minimum absolute atomic E-state index is 0.0729. The summed E-state index contributed by atoms with van der Waals surface area (Å²) in [4.78, 5) is 51.2. The van der Waals surface area contributed by atoms with Gasteiger partial charge in [0.15, 0.2) is 5.78 Å². The largest absolute Gasteiger partial charge is 0.332 e. The predicted octanol–water partition coefficient (Wildman–Crippen LogP) is 2.99. The molecule has 2 aromatic rings. The van der Waals surface area contributed by atoms with Crippen molar-refractivity contribution in [2.75, 3.05) is 16.8 Å². The third-order valence-corrected chi connectivity index (χ3v) is 4.64. The fraction of sp³-hybridized carbons (Fsp3) is 0.238. The summed E-state index contributed by atoms with van der Waals surface area (Å²) in [6.07, 6.45) is 0. The van der Waals surface area contributed by atoms with E-state index in [0.29, 0.717) is 16.9 Å². The number of nitrogens with one attached hydrogen (secondary N) is 1. The first-order valence-corrected chi connectivity index (χ1v) is 8.90. The zero-order valence-electron chi connectivity index (χ0n) is 15.9. The smallest absolute Gasteiger partial charge is 0.325 e. The van der Waals surface area contributed by atoms with Crippen LogP contribution in [-0.2, 0) is 9.59 Å². The molecule has 1 aliphatic heterocycles. The van der Waals surface area contributed by atoms with Crippen LogP contribution >= 0.6 is 0 Å². The van der Waals surface area contributed by atoms with Crippen LogP contribution in [0, 0.1) is 6.92 Å². The fourth-order valence-corrected chi connectivity index (χ4v) is 3.04. The van der Waals surface area contributed by atoms with Crippen molar-refractivity contribution in [3.05, 3.63) is 59.7 Å².